The monoisotopic (exact) mass is 376 g/mol. The van der Waals surface area contributed by atoms with Gasteiger partial charge in [0.05, 0.1) is 10.6 Å². The van der Waals surface area contributed by atoms with Crippen molar-refractivity contribution in [2.45, 2.75) is 32.4 Å². The van der Waals surface area contributed by atoms with Crippen molar-refractivity contribution >= 4 is 22.1 Å². The van der Waals surface area contributed by atoms with Crippen LogP contribution in [-0.2, 0) is 18.5 Å². The Bertz CT molecular complexity index is 961. The average Bonchev–Trinajstić information content (AvgIpc) is 2.99. The third-order valence-electron chi connectivity index (χ3n) is 5.18. The molecule has 4 heteroatoms. The minimum atomic E-state index is -0.129. The fourth-order valence-corrected chi connectivity index (χ4v) is 5.42. The molecule has 0 saturated carbocycles. The van der Waals surface area contributed by atoms with Crippen molar-refractivity contribution < 1.29 is 4.79 Å². The van der Waals surface area contributed by atoms with E-state index in [2.05, 4.69) is 43.0 Å². The first-order valence-electron chi connectivity index (χ1n) is 9.23. The second kappa shape index (κ2) is 6.95. The Morgan fingerprint density at radius 2 is 1.70 bits per heavy atom. The number of hydrogen-bond donors (Lipinski definition) is 1. The number of fused-ring (bicyclic) bond motifs is 1. The number of ketones is 1. The van der Waals surface area contributed by atoms with Crippen LogP contribution in [0.3, 0.4) is 0 Å². The van der Waals surface area contributed by atoms with E-state index in [1.165, 1.54) is 10.4 Å². The molecule has 1 aromatic heterocycles. The summed E-state index contributed by atoms with van der Waals surface area (Å²) in [6.45, 7) is 7.09. The summed E-state index contributed by atoms with van der Waals surface area (Å²) in [6, 6.07) is 20.0. The predicted molar refractivity (Wildman–Crippen MR) is 112 cm³/mol. The van der Waals surface area contributed by atoms with Crippen LogP contribution in [0.25, 0.3) is 0 Å². The number of thiophene rings is 1. The molecule has 0 amide bonds. The van der Waals surface area contributed by atoms with Gasteiger partial charge in [-0.15, -0.1) is 11.3 Å². The summed E-state index contributed by atoms with van der Waals surface area (Å²) in [5.41, 5.74) is 10.1. The van der Waals surface area contributed by atoms with E-state index in [1.807, 2.05) is 36.4 Å². The Labute approximate surface area is 164 Å². The molecule has 138 valence electrons. The summed E-state index contributed by atoms with van der Waals surface area (Å²) < 4.78 is 0. The number of hydrogen-bond acceptors (Lipinski definition) is 4. The van der Waals surface area contributed by atoms with Crippen LogP contribution < -0.4 is 5.73 Å². The molecule has 0 bridgehead atoms. The van der Waals surface area contributed by atoms with E-state index in [1.54, 1.807) is 11.3 Å². The Balaban J connectivity index is 1.69. The maximum absolute atomic E-state index is 13.2. The van der Waals surface area contributed by atoms with Crippen molar-refractivity contribution in [2.75, 3.05) is 12.3 Å². The van der Waals surface area contributed by atoms with Crippen LogP contribution in [0.5, 0.6) is 0 Å². The van der Waals surface area contributed by atoms with Crippen molar-refractivity contribution in [3.63, 3.8) is 0 Å². The third-order valence-corrected chi connectivity index (χ3v) is 6.19. The van der Waals surface area contributed by atoms with E-state index in [9.17, 15) is 4.79 Å². The highest BCUT2D eigenvalue weighted by molar-refractivity contribution is 7.16. The molecule has 0 aliphatic carbocycles. The van der Waals surface area contributed by atoms with Gasteiger partial charge >= 0.3 is 0 Å². The molecule has 3 aromatic rings. The second-order valence-electron chi connectivity index (χ2n) is 7.85. The van der Waals surface area contributed by atoms with Crippen molar-refractivity contribution in [3.8, 4) is 0 Å². The topological polar surface area (TPSA) is 46.3 Å². The zero-order valence-electron chi connectivity index (χ0n) is 15.7. The molecule has 27 heavy (non-hydrogen) atoms. The van der Waals surface area contributed by atoms with E-state index < -0.39 is 0 Å². The lowest BCUT2D eigenvalue weighted by Crippen LogP contribution is -2.41. The number of carbonyl (C=O) groups is 1. The van der Waals surface area contributed by atoms with Crippen LogP contribution in [0.2, 0.25) is 0 Å². The van der Waals surface area contributed by atoms with E-state index >= 15 is 0 Å². The van der Waals surface area contributed by atoms with Gasteiger partial charge in [0.15, 0.2) is 5.78 Å². The molecule has 0 radical (unpaired) electrons. The number of nitrogens with two attached hydrogens (primary N) is 1. The van der Waals surface area contributed by atoms with Gasteiger partial charge in [0, 0.05) is 35.5 Å². The second-order valence-corrected chi connectivity index (χ2v) is 8.99. The highest BCUT2D eigenvalue weighted by Crippen LogP contribution is 2.44. The lowest BCUT2D eigenvalue weighted by atomic mass is 9.78. The van der Waals surface area contributed by atoms with Gasteiger partial charge in [-0.3, -0.25) is 9.69 Å². The van der Waals surface area contributed by atoms with Gasteiger partial charge in [0.2, 0.25) is 0 Å². The fourth-order valence-electron chi connectivity index (χ4n) is 4.13. The van der Waals surface area contributed by atoms with Gasteiger partial charge in [-0.25, -0.2) is 0 Å². The molecule has 0 unspecified atom stereocenters. The van der Waals surface area contributed by atoms with Crippen LogP contribution in [0.15, 0.2) is 60.7 Å². The van der Waals surface area contributed by atoms with Gasteiger partial charge < -0.3 is 5.73 Å². The zero-order valence-corrected chi connectivity index (χ0v) is 16.6. The van der Waals surface area contributed by atoms with Gasteiger partial charge in [-0.05, 0) is 11.1 Å². The molecule has 1 aliphatic heterocycles. The summed E-state index contributed by atoms with van der Waals surface area (Å²) in [7, 11) is 0. The number of anilines is 1. The molecule has 2 N–H and O–H groups in total. The summed E-state index contributed by atoms with van der Waals surface area (Å²) in [4.78, 5) is 16.8. The predicted octanol–water partition coefficient (Wildman–Crippen LogP) is 4.85. The van der Waals surface area contributed by atoms with Crippen molar-refractivity contribution in [1.29, 1.82) is 0 Å². The van der Waals surface area contributed by atoms with Crippen LogP contribution in [0, 0.1) is 0 Å². The Hall–Kier alpha value is -2.43. The largest absolute Gasteiger partial charge is 0.390 e. The normalized spacial score (nSPS) is 16.1. The number of nitrogens with zero attached hydrogens (tertiary/aromatic N) is 1. The van der Waals surface area contributed by atoms with Gasteiger partial charge in [-0.1, -0.05) is 74.5 Å². The van der Waals surface area contributed by atoms with Crippen molar-refractivity contribution in [1.82, 2.24) is 4.90 Å². The molecule has 3 nitrogen and oxygen atoms in total. The van der Waals surface area contributed by atoms with Crippen LogP contribution in [0.1, 0.15) is 45.8 Å². The number of benzene rings is 2. The van der Waals surface area contributed by atoms with Gasteiger partial charge in [0.1, 0.15) is 0 Å². The Morgan fingerprint density at radius 1 is 1.07 bits per heavy atom. The average molecular weight is 377 g/mol. The molecule has 2 heterocycles. The van der Waals surface area contributed by atoms with Gasteiger partial charge in [-0.2, -0.15) is 0 Å². The SMILES string of the molecule is CC1(C)CN(Cc2ccccc2)Cc2sc(N)c(C(=O)c3ccccc3)c21. The van der Waals surface area contributed by atoms with E-state index in [-0.39, 0.29) is 11.2 Å². The highest BCUT2D eigenvalue weighted by atomic mass is 32.1. The maximum atomic E-state index is 13.2. The van der Waals surface area contributed by atoms with E-state index in [0.29, 0.717) is 16.1 Å². The summed E-state index contributed by atoms with van der Waals surface area (Å²) >= 11 is 1.57. The number of rotatable bonds is 4. The Morgan fingerprint density at radius 3 is 2.37 bits per heavy atom. The molecule has 0 spiro atoms. The molecule has 1 aliphatic rings. The molecule has 2 aromatic carbocycles. The first-order valence-corrected chi connectivity index (χ1v) is 10.0. The molecule has 0 fully saturated rings. The molecule has 0 saturated heterocycles. The minimum absolute atomic E-state index is 0.0372. The Kier molecular flexibility index (Phi) is 4.62. The van der Waals surface area contributed by atoms with Crippen LogP contribution in [0.4, 0.5) is 5.00 Å². The van der Waals surface area contributed by atoms with Crippen molar-refractivity contribution in [3.05, 3.63) is 87.8 Å². The molecular formula is C23H24N2OS. The quantitative estimate of drug-likeness (QED) is 0.662. The number of carbonyl (C=O) groups excluding carboxylic acids is 1. The lowest BCUT2D eigenvalue weighted by molar-refractivity contribution is 0.103. The molecule has 0 atom stereocenters. The summed E-state index contributed by atoms with van der Waals surface area (Å²) in [6.07, 6.45) is 0. The summed E-state index contributed by atoms with van der Waals surface area (Å²) in [5.74, 6) is 0.0372. The van der Waals surface area contributed by atoms with E-state index in [0.717, 1.165) is 25.2 Å². The van der Waals surface area contributed by atoms with Crippen LogP contribution >= 0.6 is 11.3 Å². The minimum Gasteiger partial charge on any atom is -0.390 e. The first-order chi connectivity index (χ1) is 13.0. The lowest BCUT2D eigenvalue weighted by Gasteiger charge is -2.39. The molecular weight excluding hydrogens is 352 g/mol. The fraction of sp³-hybridized carbons (Fsp3) is 0.261. The smallest absolute Gasteiger partial charge is 0.196 e. The summed E-state index contributed by atoms with van der Waals surface area (Å²) in [5, 5.41) is 0.642. The van der Waals surface area contributed by atoms with Gasteiger partial charge in [0.25, 0.3) is 0 Å². The van der Waals surface area contributed by atoms with E-state index in [4.69, 9.17) is 5.73 Å². The number of nitrogen functional groups attached to an aromatic ring is 1. The standard InChI is InChI=1S/C23H24N2OS/c1-23(2)15-25(13-16-9-5-3-6-10-16)14-18-20(23)19(22(24)27-18)21(26)17-11-7-4-8-12-17/h3-12H,13-15,24H2,1-2H3. The van der Waals surface area contributed by atoms with Crippen molar-refractivity contribution in [2.24, 2.45) is 0 Å². The highest BCUT2D eigenvalue weighted by Gasteiger charge is 2.38. The zero-order chi connectivity index (χ0) is 19.0. The molecule has 4 rings (SSSR count). The maximum Gasteiger partial charge on any atom is 0.196 e. The van der Waals surface area contributed by atoms with Crippen LogP contribution in [-0.4, -0.2) is 17.2 Å². The third kappa shape index (κ3) is 3.43. The first kappa shape index (κ1) is 18.0.